The van der Waals surface area contributed by atoms with E-state index in [0.717, 1.165) is 32.6 Å². The van der Waals surface area contributed by atoms with Crippen LogP contribution in [0.2, 0.25) is 0 Å². The van der Waals surface area contributed by atoms with E-state index < -0.39 is 0 Å². The number of amidine groups is 1. The number of rotatable bonds is 6. The van der Waals surface area contributed by atoms with Gasteiger partial charge in [-0.05, 0) is 6.42 Å². The second kappa shape index (κ2) is 5.97. The fourth-order valence-corrected chi connectivity index (χ4v) is 1.70. The summed E-state index contributed by atoms with van der Waals surface area (Å²) in [6, 6.07) is 0. The van der Waals surface area contributed by atoms with Gasteiger partial charge in [0.15, 0.2) is 0 Å². The Morgan fingerprint density at radius 1 is 1.46 bits per heavy atom. The number of unbranched alkanes of at least 4 members (excludes halogenated alkanes) is 2. The molecule has 0 spiro atoms. The quantitative estimate of drug-likeness (QED) is 0.629. The first kappa shape index (κ1) is 10.5. The van der Waals surface area contributed by atoms with Crippen molar-refractivity contribution < 1.29 is 0 Å². The molecule has 2 N–H and O–H groups in total. The topological polar surface area (TPSA) is 41.6 Å². The smallest absolute Gasteiger partial charge is 0.0990 e. The first-order chi connectivity index (χ1) is 6.38. The van der Waals surface area contributed by atoms with Gasteiger partial charge < -0.3 is 10.6 Å². The van der Waals surface area contributed by atoms with Crippen molar-refractivity contribution in [2.45, 2.75) is 32.6 Å². The van der Waals surface area contributed by atoms with Crippen LogP contribution in [0.4, 0.5) is 0 Å². The largest absolute Gasteiger partial charge is 0.357 e. The molecule has 1 aliphatic rings. The van der Waals surface area contributed by atoms with Crippen molar-refractivity contribution in [3.63, 3.8) is 0 Å². The predicted octanol–water partition coefficient (Wildman–Crippen LogP) is 1.24. The van der Waals surface area contributed by atoms with E-state index in [-0.39, 0.29) is 0 Å². The molecule has 1 rings (SSSR count). The molecule has 0 aliphatic carbocycles. The Balaban J connectivity index is 2.22. The van der Waals surface area contributed by atoms with E-state index in [0.29, 0.717) is 0 Å². The van der Waals surface area contributed by atoms with E-state index >= 15 is 0 Å². The summed E-state index contributed by atoms with van der Waals surface area (Å²) in [5, 5.41) is 0. The maximum Gasteiger partial charge on any atom is 0.0990 e. The molecule has 0 bridgehead atoms. The zero-order valence-electron chi connectivity index (χ0n) is 8.63. The predicted molar refractivity (Wildman–Crippen MR) is 57.1 cm³/mol. The molecule has 0 amide bonds. The van der Waals surface area contributed by atoms with Crippen molar-refractivity contribution in [1.82, 2.24) is 4.90 Å². The van der Waals surface area contributed by atoms with Crippen LogP contribution in [0.1, 0.15) is 32.6 Å². The summed E-state index contributed by atoms with van der Waals surface area (Å²) >= 11 is 0. The SMILES string of the molecule is CCCCCC1=NCCN1CCN. The molecule has 1 heterocycles. The van der Waals surface area contributed by atoms with Gasteiger partial charge in [0.05, 0.1) is 12.4 Å². The average molecular weight is 183 g/mol. The van der Waals surface area contributed by atoms with Crippen LogP contribution in [-0.4, -0.2) is 36.9 Å². The van der Waals surface area contributed by atoms with E-state index in [1.807, 2.05) is 0 Å². The first-order valence-corrected chi connectivity index (χ1v) is 5.36. The maximum atomic E-state index is 5.53. The number of hydrogen-bond donors (Lipinski definition) is 1. The summed E-state index contributed by atoms with van der Waals surface area (Å²) in [7, 11) is 0. The van der Waals surface area contributed by atoms with Gasteiger partial charge in [0.2, 0.25) is 0 Å². The summed E-state index contributed by atoms with van der Waals surface area (Å²) in [5.41, 5.74) is 5.53. The van der Waals surface area contributed by atoms with Gasteiger partial charge in [-0.15, -0.1) is 0 Å². The number of aliphatic imine (C=N–C) groups is 1. The Hall–Kier alpha value is -0.570. The molecule has 0 aromatic carbocycles. The molecule has 0 aromatic rings. The summed E-state index contributed by atoms with van der Waals surface area (Å²) in [4.78, 5) is 6.82. The molecule has 3 heteroatoms. The second-order valence-corrected chi connectivity index (χ2v) is 3.53. The highest BCUT2D eigenvalue weighted by Gasteiger charge is 2.14. The molecule has 0 fully saturated rings. The first-order valence-electron chi connectivity index (χ1n) is 5.36. The van der Waals surface area contributed by atoms with Crippen LogP contribution < -0.4 is 5.73 Å². The van der Waals surface area contributed by atoms with Gasteiger partial charge >= 0.3 is 0 Å². The molecule has 0 unspecified atom stereocenters. The van der Waals surface area contributed by atoms with E-state index in [1.54, 1.807) is 0 Å². The van der Waals surface area contributed by atoms with Gasteiger partial charge in [-0.25, -0.2) is 0 Å². The normalized spacial score (nSPS) is 16.5. The van der Waals surface area contributed by atoms with Crippen LogP contribution in [0.25, 0.3) is 0 Å². The van der Waals surface area contributed by atoms with Crippen molar-refractivity contribution in [2.75, 3.05) is 26.2 Å². The lowest BCUT2D eigenvalue weighted by Gasteiger charge is -2.18. The summed E-state index contributed by atoms with van der Waals surface area (Å²) in [6.45, 7) is 6.01. The number of nitrogens with zero attached hydrogens (tertiary/aromatic N) is 2. The van der Waals surface area contributed by atoms with E-state index in [2.05, 4.69) is 16.8 Å². The molecular formula is C10H21N3. The Morgan fingerprint density at radius 2 is 2.31 bits per heavy atom. The average Bonchev–Trinajstić information content (AvgIpc) is 2.54. The van der Waals surface area contributed by atoms with Crippen molar-refractivity contribution in [3.05, 3.63) is 0 Å². The monoisotopic (exact) mass is 183 g/mol. The number of nitrogens with two attached hydrogens (primary N) is 1. The molecule has 76 valence electrons. The Morgan fingerprint density at radius 3 is 3.00 bits per heavy atom. The summed E-state index contributed by atoms with van der Waals surface area (Å²) in [5.74, 6) is 1.29. The van der Waals surface area contributed by atoms with E-state index in [4.69, 9.17) is 5.73 Å². The van der Waals surface area contributed by atoms with Crippen molar-refractivity contribution in [2.24, 2.45) is 10.7 Å². The van der Waals surface area contributed by atoms with E-state index in [9.17, 15) is 0 Å². The van der Waals surface area contributed by atoms with Crippen LogP contribution >= 0.6 is 0 Å². The van der Waals surface area contributed by atoms with Gasteiger partial charge in [0.25, 0.3) is 0 Å². The molecular weight excluding hydrogens is 162 g/mol. The van der Waals surface area contributed by atoms with Crippen molar-refractivity contribution in [3.8, 4) is 0 Å². The third-order valence-electron chi connectivity index (χ3n) is 2.43. The lowest BCUT2D eigenvalue weighted by molar-refractivity contribution is 0.457. The fraction of sp³-hybridized carbons (Fsp3) is 0.900. The van der Waals surface area contributed by atoms with Crippen LogP contribution in [0.5, 0.6) is 0 Å². The molecule has 1 aliphatic heterocycles. The highest BCUT2D eigenvalue weighted by molar-refractivity contribution is 5.83. The third-order valence-corrected chi connectivity index (χ3v) is 2.43. The lowest BCUT2D eigenvalue weighted by atomic mass is 10.2. The lowest BCUT2D eigenvalue weighted by Crippen LogP contribution is -2.32. The zero-order chi connectivity index (χ0) is 9.52. The van der Waals surface area contributed by atoms with Gasteiger partial charge in [0, 0.05) is 26.1 Å². The minimum atomic E-state index is 0.743. The van der Waals surface area contributed by atoms with E-state index in [1.165, 1.54) is 25.1 Å². The fourth-order valence-electron chi connectivity index (χ4n) is 1.70. The minimum Gasteiger partial charge on any atom is -0.357 e. The Kier molecular flexibility index (Phi) is 4.83. The maximum absolute atomic E-state index is 5.53. The van der Waals surface area contributed by atoms with Crippen LogP contribution in [0, 0.1) is 0 Å². The van der Waals surface area contributed by atoms with Crippen LogP contribution in [0.3, 0.4) is 0 Å². The summed E-state index contributed by atoms with van der Waals surface area (Å²) < 4.78 is 0. The molecule has 13 heavy (non-hydrogen) atoms. The van der Waals surface area contributed by atoms with Crippen molar-refractivity contribution >= 4 is 5.84 Å². The Bertz CT molecular complexity index is 166. The second-order valence-electron chi connectivity index (χ2n) is 3.53. The third kappa shape index (κ3) is 3.35. The van der Waals surface area contributed by atoms with Crippen LogP contribution in [-0.2, 0) is 0 Å². The molecule has 3 nitrogen and oxygen atoms in total. The van der Waals surface area contributed by atoms with Crippen molar-refractivity contribution in [1.29, 1.82) is 0 Å². The summed E-state index contributed by atoms with van der Waals surface area (Å²) in [6.07, 6.45) is 5.02. The number of hydrogen-bond acceptors (Lipinski definition) is 3. The molecule has 0 aromatic heterocycles. The highest BCUT2D eigenvalue weighted by atomic mass is 15.2. The molecule has 0 radical (unpaired) electrons. The van der Waals surface area contributed by atoms with Gasteiger partial charge in [-0.2, -0.15) is 0 Å². The minimum absolute atomic E-state index is 0.743. The van der Waals surface area contributed by atoms with Gasteiger partial charge in [-0.1, -0.05) is 19.8 Å². The zero-order valence-corrected chi connectivity index (χ0v) is 8.63. The standard InChI is InChI=1S/C10H21N3/c1-2-3-4-5-10-12-7-9-13(10)8-6-11/h2-9,11H2,1H3. The molecule has 0 saturated heterocycles. The van der Waals surface area contributed by atoms with Gasteiger partial charge in [0.1, 0.15) is 0 Å². The Labute approximate surface area is 81.0 Å². The van der Waals surface area contributed by atoms with Gasteiger partial charge in [-0.3, -0.25) is 4.99 Å². The highest BCUT2D eigenvalue weighted by Crippen LogP contribution is 2.08. The van der Waals surface area contributed by atoms with Crippen LogP contribution in [0.15, 0.2) is 4.99 Å². The molecule has 0 saturated carbocycles. The molecule has 0 atom stereocenters.